The van der Waals surface area contributed by atoms with E-state index in [1.807, 2.05) is 42.5 Å². The number of fused-ring (bicyclic) bond motifs is 1. The Bertz CT molecular complexity index is 1190. The van der Waals surface area contributed by atoms with E-state index in [9.17, 15) is 9.59 Å². The number of amides is 2. The smallest absolute Gasteiger partial charge is 0.271 e. The number of para-hydroxylation sites is 1. The Morgan fingerprint density at radius 3 is 2.45 bits per heavy atom. The molecule has 2 heterocycles. The number of nitrogens with zero attached hydrogens (tertiary/aromatic N) is 2. The van der Waals surface area contributed by atoms with Crippen molar-refractivity contribution < 1.29 is 14.3 Å². The van der Waals surface area contributed by atoms with Gasteiger partial charge in [-0.3, -0.25) is 9.59 Å². The molecule has 0 spiro atoms. The molecule has 7 heteroatoms. The summed E-state index contributed by atoms with van der Waals surface area (Å²) < 4.78 is 5.76. The van der Waals surface area contributed by atoms with Crippen LogP contribution >= 0.6 is 0 Å². The number of hydrogen-bond acceptors (Lipinski definition) is 5. The fraction of sp³-hybridized carbons (Fsp3) is 0.192. The molecule has 0 fully saturated rings. The largest absolute Gasteiger partial charge is 0.457 e. The Balaban J connectivity index is 1.14. The van der Waals surface area contributed by atoms with Gasteiger partial charge < -0.3 is 20.3 Å². The van der Waals surface area contributed by atoms with Crippen LogP contribution in [-0.4, -0.2) is 35.3 Å². The number of benzene rings is 3. The van der Waals surface area contributed by atoms with Crippen molar-refractivity contribution in [2.75, 3.05) is 11.9 Å². The van der Waals surface area contributed by atoms with E-state index in [0.29, 0.717) is 23.9 Å². The molecular weight excluding hydrogens is 416 g/mol. The van der Waals surface area contributed by atoms with Crippen LogP contribution in [0, 0.1) is 0 Å². The van der Waals surface area contributed by atoms with Gasteiger partial charge in [0, 0.05) is 18.8 Å². The highest BCUT2D eigenvalue weighted by Gasteiger charge is 2.32. The molecule has 1 unspecified atom stereocenters. The minimum atomic E-state index is -0.655. The number of nitrogens with one attached hydrogen (secondary N) is 2. The maximum Gasteiger partial charge on any atom is 0.271 e. The Morgan fingerprint density at radius 2 is 1.67 bits per heavy atom. The molecule has 166 valence electrons. The third-order valence-electron chi connectivity index (χ3n) is 5.75. The first-order chi connectivity index (χ1) is 16.1. The van der Waals surface area contributed by atoms with Crippen molar-refractivity contribution in [3.63, 3.8) is 0 Å². The third kappa shape index (κ3) is 4.87. The molecule has 0 saturated heterocycles. The van der Waals surface area contributed by atoms with Crippen LogP contribution in [0.15, 0.2) is 83.9 Å². The highest BCUT2D eigenvalue weighted by Crippen LogP contribution is 2.23. The second-order valence-electron chi connectivity index (χ2n) is 8.10. The maximum absolute atomic E-state index is 12.5. The van der Waals surface area contributed by atoms with Gasteiger partial charge >= 0.3 is 0 Å². The molecule has 3 aromatic rings. The molecule has 1 atom stereocenters. The fourth-order valence-corrected chi connectivity index (χ4v) is 4.04. The molecule has 7 nitrogen and oxygen atoms in total. The Kier molecular flexibility index (Phi) is 5.76. The molecule has 0 radical (unpaired) electrons. The summed E-state index contributed by atoms with van der Waals surface area (Å²) in [7, 11) is 0. The zero-order valence-electron chi connectivity index (χ0n) is 18.0. The summed E-state index contributed by atoms with van der Waals surface area (Å²) in [4.78, 5) is 31.2. The summed E-state index contributed by atoms with van der Waals surface area (Å²) in [5, 5.41) is 5.98. The Labute approximate surface area is 192 Å². The van der Waals surface area contributed by atoms with Crippen molar-refractivity contribution in [2.24, 2.45) is 4.99 Å². The molecule has 3 aromatic carbocycles. The first-order valence-corrected chi connectivity index (χ1v) is 11.0. The van der Waals surface area contributed by atoms with Crippen LogP contribution in [0.2, 0.25) is 0 Å². The van der Waals surface area contributed by atoms with Crippen LogP contribution < -0.4 is 15.4 Å². The zero-order valence-corrected chi connectivity index (χ0v) is 18.0. The van der Waals surface area contributed by atoms with Crippen LogP contribution in [0.25, 0.3) is 0 Å². The monoisotopic (exact) mass is 440 g/mol. The SMILES string of the molecule is O=C(CC1NC(N2CCc3ccccc3C2)=NC1=O)Nc1ccc(Oc2ccccc2)cc1. The van der Waals surface area contributed by atoms with E-state index in [1.54, 1.807) is 24.3 Å². The number of hydrogen-bond donors (Lipinski definition) is 2. The minimum absolute atomic E-state index is 0.0124. The predicted octanol–water partition coefficient (Wildman–Crippen LogP) is 3.72. The number of ether oxygens (including phenoxy) is 1. The number of carbonyl (C=O) groups excluding carboxylic acids is 2. The van der Waals surface area contributed by atoms with Gasteiger partial charge in [-0.15, -0.1) is 0 Å². The maximum atomic E-state index is 12.5. The fourth-order valence-electron chi connectivity index (χ4n) is 4.04. The van der Waals surface area contributed by atoms with Crippen molar-refractivity contribution in [1.82, 2.24) is 10.2 Å². The molecule has 2 aliphatic heterocycles. The van der Waals surface area contributed by atoms with Crippen LogP contribution in [-0.2, 0) is 22.6 Å². The lowest BCUT2D eigenvalue weighted by molar-refractivity contribution is -0.123. The van der Waals surface area contributed by atoms with E-state index in [2.05, 4.69) is 32.7 Å². The van der Waals surface area contributed by atoms with Crippen molar-refractivity contribution in [1.29, 1.82) is 0 Å². The van der Waals surface area contributed by atoms with Gasteiger partial charge in [-0.2, -0.15) is 4.99 Å². The van der Waals surface area contributed by atoms with Crippen LogP contribution in [0.1, 0.15) is 17.5 Å². The number of anilines is 1. The molecular formula is C26H24N4O3. The van der Waals surface area contributed by atoms with Crippen LogP contribution in [0.5, 0.6) is 11.5 Å². The van der Waals surface area contributed by atoms with E-state index < -0.39 is 6.04 Å². The summed E-state index contributed by atoms with van der Waals surface area (Å²) in [6.07, 6.45) is 0.915. The first-order valence-electron chi connectivity index (χ1n) is 11.0. The number of guanidine groups is 1. The van der Waals surface area contributed by atoms with Gasteiger partial charge in [0.05, 0.1) is 6.42 Å². The quantitative estimate of drug-likeness (QED) is 0.632. The standard InChI is InChI=1S/C26H24N4O3/c31-24(27-20-10-12-22(13-11-20)33-21-8-2-1-3-9-21)16-23-25(32)29-26(28-23)30-15-14-18-6-4-5-7-19(18)17-30/h1-13,23H,14-17H2,(H,27,31)(H,28,29,32). The molecule has 0 aromatic heterocycles. The summed E-state index contributed by atoms with van der Waals surface area (Å²) in [6.45, 7) is 1.48. The van der Waals surface area contributed by atoms with Crippen molar-refractivity contribution in [3.05, 3.63) is 90.0 Å². The number of rotatable bonds is 5. The summed E-state index contributed by atoms with van der Waals surface area (Å²) >= 11 is 0. The van der Waals surface area contributed by atoms with E-state index >= 15 is 0 Å². The van der Waals surface area contributed by atoms with Crippen molar-refractivity contribution in [3.8, 4) is 11.5 Å². The van der Waals surface area contributed by atoms with Gasteiger partial charge in [-0.1, -0.05) is 42.5 Å². The topological polar surface area (TPSA) is 83.0 Å². The van der Waals surface area contributed by atoms with E-state index in [-0.39, 0.29) is 18.2 Å². The number of carbonyl (C=O) groups is 2. The molecule has 0 bridgehead atoms. The molecule has 0 aliphatic carbocycles. The molecule has 5 rings (SSSR count). The molecule has 2 N–H and O–H groups in total. The first kappa shape index (κ1) is 20.8. The van der Waals surface area contributed by atoms with Gasteiger partial charge in [0.2, 0.25) is 11.9 Å². The van der Waals surface area contributed by atoms with Crippen molar-refractivity contribution >= 4 is 23.5 Å². The van der Waals surface area contributed by atoms with Gasteiger partial charge in [0.1, 0.15) is 17.5 Å². The van der Waals surface area contributed by atoms with Gasteiger partial charge in [-0.05, 0) is 53.9 Å². The normalized spacial score (nSPS) is 17.1. The number of aliphatic imine (C=N–C) groups is 1. The highest BCUT2D eigenvalue weighted by molar-refractivity contribution is 6.05. The van der Waals surface area contributed by atoms with Gasteiger partial charge in [-0.25, -0.2) is 0 Å². The molecule has 33 heavy (non-hydrogen) atoms. The van der Waals surface area contributed by atoms with Crippen LogP contribution in [0.4, 0.5) is 5.69 Å². The highest BCUT2D eigenvalue weighted by atomic mass is 16.5. The minimum Gasteiger partial charge on any atom is -0.457 e. The molecule has 2 aliphatic rings. The summed E-state index contributed by atoms with van der Waals surface area (Å²) in [6, 6.07) is 24.2. The van der Waals surface area contributed by atoms with E-state index in [0.717, 1.165) is 18.7 Å². The Hall–Kier alpha value is -4.13. The van der Waals surface area contributed by atoms with Gasteiger partial charge in [0.25, 0.3) is 5.91 Å². The Morgan fingerprint density at radius 1 is 0.970 bits per heavy atom. The molecule has 0 saturated carbocycles. The summed E-state index contributed by atoms with van der Waals surface area (Å²) in [5.74, 6) is 1.40. The lowest BCUT2D eigenvalue weighted by Gasteiger charge is -2.30. The lowest BCUT2D eigenvalue weighted by atomic mass is 10.0. The van der Waals surface area contributed by atoms with Gasteiger partial charge in [0.15, 0.2) is 0 Å². The second kappa shape index (κ2) is 9.16. The average Bonchev–Trinajstić information content (AvgIpc) is 3.20. The lowest BCUT2D eigenvalue weighted by Crippen LogP contribution is -2.45. The van der Waals surface area contributed by atoms with E-state index in [4.69, 9.17) is 4.74 Å². The van der Waals surface area contributed by atoms with Crippen molar-refractivity contribution in [2.45, 2.75) is 25.4 Å². The van der Waals surface area contributed by atoms with E-state index in [1.165, 1.54) is 11.1 Å². The van der Waals surface area contributed by atoms with Crippen LogP contribution in [0.3, 0.4) is 0 Å². The zero-order chi connectivity index (χ0) is 22.6. The predicted molar refractivity (Wildman–Crippen MR) is 126 cm³/mol. The summed E-state index contributed by atoms with van der Waals surface area (Å²) in [5.41, 5.74) is 3.20. The second-order valence-corrected chi connectivity index (χ2v) is 8.10. The average molecular weight is 441 g/mol. The molecule has 2 amide bonds. The third-order valence-corrected chi connectivity index (χ3v) is 5.75.